The Morgan fingerprint density at radius 3 is 1.55 bits per heavy atom. The van der Waals surface area contributed by atoms with Gasteiger partial charge in [0.05, 0.1) is 0 Å². The van der Waals surface area contributed by atoms with Crippen LogP contribution in [0.2, 0.25) is 0 Å². The van der Waals surface area contributed by atoms with E-state index in [-0.39, 0.29) is 0 Å². The van der Waals surface area contributed by atoms with Gasteiger partial charge in [0.15, 0.2) is 0 Å². The highest BCUT2D eigenvalue weighted by atomic mass is 14.1. The van der Waals surface area contributed by atoms with E-state index in [2.05, 4.69) is 32.6 Å². The second-order valence-corrected chi connectivity index (χ2v) is 6.86. The maximum absolute atomic E-state index is 3.33. The molecule has 0 N–H and O–H groups in total. The molecule has 1 atom stereocenters. The van der Waals surface area contributed by atoms with Gasteiger partial charge in [-0.1, -0.05) is 104 Å². The minimum atomic E-state index is 0.849. The molecule has 0 heterocycles. The van der Waals surface area contributed by atoms with E-state index in [9.17, 15) is 0 Å². The lowest BCUT2D eigenvalue weighted by atomic mass is 9.95. The van der Waals surface area contributed by atoms with Crippen molar-refractivity contribution in [3.63, 3.8) is 0 Å². The molecule has 0 aromatic rings. The molecule has 0 saturated carbocycles. The van der Waals surface area contributed by atoms with Crippen molar-refractivity contribution in [1.29, 1.82) is 0 Å². The van der Waals surface area contributed by atoms with Crippen LogP contribution in [0.15, 0.2) is 0 Å². The summed E-state index contributed by atoms with van der Waals surface area (Å²) >= 11 is 0. The molecule has 0 aliphatic carbocycles. The lowest BCUT2D eigenvalue weighted by molar-refractivity contribution is 0.445. The van der Waals surface area contributed by atoms with Gasteiger partial charge < -0.3 is 0 Å². The monoisotopic (exact) mass is 306 g/mol. The summed E-state index contributed by atoms with van der Waals surface area (Å²) < 4.78 is 0. The number of hydrogen-bond donors (Lipinski definition) is 0. The summed E-state index contributed by atoms with van der Waals surface area (Å²) in [7, 11) is 0. The van der Waals surface area contributed by atoms with E-state index in [4.69, 9.17) is 0 Å². The zero-order valence-corrected chi connectivity index (χ0v) is 15.9. The first-order chi connectivity index (χ1) is 10.8. The van der Waals surface area contributed by atoms with Crippen molar-refractivity contribution in [3.05, 3.63) is 0 Å². The fraction of sp³-hybridized carbons (Fsp3) is 0.909. The van der Waals surface area contributed by atoms with E-state index in [1.807, 2.05) is 0 Å². The van der Waals surface area contributed by atoms with Gasteiger partial charge in [-0.25, -0.2) is 0 Å². The van der Waals surface area contributed by atoms with Crippen LogP contribution in [0.1, 0.15) is 124 Å². The van der Waals surface area contributed by atoms with E-state index in [0.29, 0.717) is 0 Å². The van der Waals surface area contributed by atoms with Gasteiger partial charge in [-0.15, -0.1) is 11.8 Å². The van der Waals surface area contributed by atoms with Gasteiger partial charge in [-0.05, 0) is 12.3 Å². The highest BCUT2D eigenvalue weighted by Crippen LogP contribution is 2.18. The maximum Gasteiger partial charge on any atom is 0.0117 e. The van der Waals surface area contributed by atoms with Crippen LogP contribution in [0.25, 0.3) is 0 Å². The molecule has 0 spiro atoms. The Kier molecular flexibility index (Phi) is 18.2. The summed E-state index contributed by atoms with van der Waals surface area (Å²) in [4.78, 5) is 0. The highest BCUT2D eigenvalue weighted by Gasteiger charge is 2.03. The standard InChI is InChI=1S/C22H42/c1-4-7-9-10-11-12-13-14-15-16-17-19-21-22(6-3)20-18-8-5-2/h22H,4-7,9-17,19-21H2,1-3H3. The number of unbranched alkanes of at least 4 members (excludes halogenated alkanes) is 11. The lowest BCUT2D eigenvalue weighted by Crippen LogP contribution is -1.97. The molecule has 0 amide bonds. The molecule has 0 aliphatic heterocycles. The normalized spacial score (nSPS) is 12.0. The van der Waals surface area contributed by atoms with Crippen LogP contribution in [0.4, 0.5) is 0 Å². The van der Waals surface area contributed by atoms with Gasteiger partial charge in [0, 0.05) is 12.8 Å². The predicted octanol–water partition coefficient (Wildman–Crippen LogP) is 7.91. The van der Waals surface area contributed by atoms with Crippen molar-refractivity contribution >= 4 is 0 Å². The summed E-state index contributed by atoms with van der Waals surface area (Å²) in [6.07, 6.45) is 22.2. The number of rotatable bonds is 15. The fourth-order valence-electron chi connectivity index (χ4n) is 3.07. The second-order valence-electron chi connectivity index (χ2n) is 6.86. The first kappa shape index (κ1) is 21.6. The van der Waals surface area contributed by atoms with Gasteiger partial charge in [-0.3, -0.25) is 0 Å². The highest BCUT2D eigenvalue weighted by molar-refractivity contribution is 4.98. The fourth-order valence-corrected chi connectivity index (χ4v) is 3.07. The van der Waals surface area contributed by atoms with Crippen LogP contribution in [0.5, 0.6) is 0 Å². The Balaban J connectivity index is 3.24. The second kappa shape index (κ2) is 18.6. The molecule has 1 unspecified atom stereocenters. The molecule has 22 heavy (non-hydrogen) atoms. The maximum atomic E-state index is 3.33. The van der Waals surface area contributed by atoms with Crippen molar-refractivity contribution in [2.24, 2.45) is 5.92 Å². The van der Waals surface area contributed by atoms with Crippen LogP contribution < -0.4 is 0 Å². The van der Waals surface area contributed by atoms with Crippen LogP contribution in [-0.2, 0) is 0 Å². The minimum absolute atomic E-state index is 0.849. The molecule has 0 heteroatoms. The van der Waals surface area contributed by atoms with Crippen LogP contribution >= 0.6 is 0 Å². The third-order valence-electron chi connectivity index (χ3n) is 4.74. The quantitative estimate of drug-likeness (QED) is 0.213. The van der Waals surface area contributed by atoms with Crippen molar-refractivity contribution < 1.29 is 0 Å². The molecule has 0 nitrogen and oxygen atoms in total. The largest absolute Gasteiger partial charge is 0.104 e. The van der Waals surface area contributed by atoms with Crippen LogP contribution in [0.3, 0.4) is 0 Å². The molecule has 0 rings (SSSR count). The van der Waals surface area contributed by atoms with Crippen molar-refractivity contribution in [1.82, 2.24) is 0 Å². The van der Waals surface area contributed by atoms with E-state index in [0.717, 1.165) is 18.8 Å². The average molecular weight is 307 g/mol. The Labute approximate surface area is 141 Å². The van der Waals surface area contributed by atoms with Gasteiger partial charge in [0.2, 0.25) is 0 Å². The summed E-state index contributed by atoms with van der Waals surface area (Å²) in [6.45, 7) is 6.75. The molecule has 0 aromatic carbocycles. The molecule has 0 aliphatic rings. The Bertz CT molecular complexity index is 255. The van der Waals surface area contributed by atoms with Gasteiger partial charge in [0.1, 0.15) is 0 Å². The predicted molar refractivity (Wildman–Crippen MR) is 102 cm³/mol. The minimum Gasteiger partial charge on any atom is -0.104 e. The SMILES string of the molecule is CCC#CCC(CC)CCCCCCCCCCCCCC. The first-order valence-corrected chi connectivity index (χ1v) is 10.3. The molecule has 0 radical (unpaired) electrons. The van der Waals surface area contributed by atoms with E-state index < -0.39 is 0 Å². The van der Waals surface area contributed by atoms with E-state index >= 15 is 0 Å². The Hall–Kier alpha value is -0.440. The summed E-state index contributed by atoms with van der Waals surface area (Å²) in [5.41, 5.74) is 0. The molecule has 0 bridgehead atoms. The molecular formula is C22H42. The molecular weight excluding hydrogens is 264 g/mol. The third kappa shape index (κ3) is 15.9. The molecule has 0 saturated heterocycles. The average Bonchev–Trinajstić information content (AvgIpc) is 2.54. The summed E-state index contributed by atoms with van der Waals surface area (Å²) in [5, 5.41) is 0. The molecule has 0 fully saturated rings. The molecule has 0 aromatic heterocycles. The zero-order chi connectivity index (χ0) is 16.3. The van der Waals surface area contributed by atoms with Crippen molar-refractivity contribution in [3.8, 4) is 11.8 Å². The van der Waals surface area contributed by atoms with Gasteiger partial charge in [-0.2, -0.15) is 0 Å². The Morgan fingerprint density at radius 1 is 0.591 bits per heavy atom. The van der Waals surface area contributed by atoms with Crippen molar-refractivity contribution in [2.45, 2.75) is 124 Å². The zero-order valence-electron chi connectivity index (χ0n) is 15.9. The first-order valence-electron chi connectivity index (χ1n) is 10.3. The Morgan fingerprint density at radius 2 is 1.09 bits per heavy atom. The van der Waals surface area contributed by atoms with Crippen LogP contribution in [0, 0.1) is 17.8 Å². The van der Waals surface area contributed by atoms with Crippen molar-refractivity contribution in [2.75, 3.05) is 0 Å². The van der Waals surface area contributed by atoms with Gasteiger partial charge in [0.25, 0.3) is 0 Å². The summed E-state index contributed by atoms with van der Waals surface area (Å²) in [6, 6.07) is 0. The van der Waals surface area contributed by atoms with Crippen LogP contribution in [-0.4, -0.2) is 0 Å². The van der Waals surface area contributed by atoms with E-state index in [1.54, 1.807) is 0 Å². The lowest BCUT2D eigenvalue weighted by Gasteiger charge is -2.11. The molecule has 130 valence electrons. The third-order valence-corrected chi connectivity index (χ3v) is 4.74. The topological polar surface area (TPSA) is 0 Å². The smallest absolute Gasteiger partial charge is 0.0117 e. The number of hydrogen-bond acceptors (Lipinski definition) is 0. The van der Waals surface area contributed by atoms with Gasteiger partial charge >= 0.3 is 0 Å². The summed E-state index contributed by atoms with van der Waals surface area (Å²) in [5.74, 6) is 7.39. The van der Waals surface area contributed by atoms with E-state index in [1.165, 1.54) is 89.9 Å².